The zero-order valence-corrected chi connectivity index (χ0v) is 13.0. The molecular formula is C17H14ClNOS. The summed E-state index contributed by atoms with van der Waals surface area (Å²) < 4.78 is 0.623. The van der Waals surface area contributed by atoms with Crippen LogP contribution in [0.4, 0.5) is 0 Å². The Bertz CT molecular complexity index is 791. The lowest BCUT2D eigenvalue weighted by Crippen LogP contribution is -2.26. The topological polar surface area (TPSA) is 29.1 Å². The van der Waals surface area contributed by atoms with Crippen molar-refractivity contribution in [3.8, 4) is 0 Å². The summed E-state index contributed by atoms with van der Waals surface area (Å²) in [6.07, 6.45) is 0. The van der Waals surface area contributed by atoms with E-state index in [9.17, 15) is 4.79 Å². The molecule has 0 aliphatic carbocycles. The molecule has 3 aromatic rings. The van der Waals surface area contributed by atoms with E-state index in [4.69, 9.17) is 11.6 Å². The van der Waals surface area contributed by atoms with Crippen LogP contribution in [0.2, 0.25) is 4.34 Å². The van der Waals surface area contributed by atoms with Crippen LogP contribution in [0.25, 0.3) is 10.8 Å². The van der Waals surface area contributed by atoms with Gasteiger partial charge in [0, 0.05) is 0 Å². The summed E-state index contributed by atoms with van der Waals surface area (Å²) in [6, 6.07) is 17.7. The third-order valence-electron chi connectivity index (χ3n) is 3.43. The van der Waals surface area contributed by atoms with E-state index >= 15 is 0 Å². The maximum absolute atomic E-state index is 12.2. The smallest absolute Gasteiger partial charge is 0.261 e. The van der Waals surface area contributed by atoms with Gasteiger partial charge in [-0.25, -0.2) is 0 Å². The molecule has 2 aromatic carbocycles. The zero-order valence-electron chi connectivity index (χ0n) is 11.5. The normalized spacial score (nSPS) is 12.3. The number of hydrogen-bond donors (Lipinski definition) is 1. The number of rotatable bonds is 3. The van der Waals surface area contributed by atoms with Gasteiger partial charge in [0.2, 0.25) is 0 Å². The summed E-state index contributed by atoms with van der Waals surface area (Å²) in [5, 5.41) is 5.37. The molecule has 0 saturated heterocycles. The number of nitrogens with one attached hydrogen (secondary N) is 1. The summed E-state index contributed by atoms with van der Waals surface area (Å²) in [6.45, 7) is 1.99. The van der Waals surface area contributed by atoms with Crippen LogP contribution in [-0.4, -0.2) is 5.91 Å². The number of halogens is 1. The predicted octanol–water partition coefficient (Wildman–Crippen LogP) is 5.05. The summed E-state index contributed by atoms with van der Waals surface area (Å²) in [5.41, 5.74) is 1.11. The fraction of sp³-hybridized carbons (Fsp3) is 0.118. The Morgan fingerprint density at radius 1 is 1.10 bits per heavy atom. The highest BCUT2D eigenvalue weighted by molar-refractivity contribution is 7.18. The van der Waals surface area contributed by atoms with Gasteiger partial charge in [0.25, 0.3) is 5.91 Å². The third-order valence-corrected chi connectivity index (χ3v) is 4.66. The lowest BCUT2D eigenvalue weighted by atomic mass is 10.00. The number of carbonyl (C=O) groups is 1. The molecule has 1 unspecified atom stereocenters. The van der Waals surface area contributed by atoms with Crippen LogP contribution in [0, 0.1) is 0 Å². The molecule has 2 nitrogen and oxygen atoms in total. The molecule has 0 aliphatic rings. The second kappa shape index (κ2) is 5.88. The second-order valence-corrected chi connectivity index (χ2v) is 6.58. The van der Waals surface area contributed by atoms with Crippen molar-refractivity contribution in [2.75, 3.05) is 0 Å². The zero-order chi connectivity index (χ0) is 14.8. The Hall–Kier alpha value is -1.84. The first-order chi connectivity index (χ1) is 10.1. The molecule has 0 aliphatic heterocycles. The number of fused-ring (bicyclic) bond motifs is 1. The molecule has 4 heteroatoms. The molecule has 0 bridgehead atoms. The first kappa shape index (κ1) is 14.1. The fourth-order valence-corrected chi connectivity index (χ4v) is 3.36. The maximum atomic E-state index is 12.2. The minimum absolute atomic E-state index is 0.0653. The largest absolute Gasteiger partial charge is 0.345 e. The Morgan fingerprint density at radius 3 is 2.62 bits per heavy atom. The minimum Gasteiger partial charge on any atom is -0.345 e. The summed E-state index contributed by atoms with van der Waals surface area (Å²) in [4.78, 5) is 12.9. The molecular weight excluding hydrogens is 302 g/mol. The van der Waals surface area contributed by atoms with Crippen LogP contribution in [-0.2, 0) is 0 Å². The Morgan fingerprint density at radius 2 is 1.86 bits per heavy atom. The highest BCUT2D eigenvalue weighted by Crippen LogP contribution is 2.26. The van der Waals surface area contributed by atoms with E-state index in [1.54, 1.807) is 12.1 Å². The molecule has 3 rings (SSSR count). The maximum Gasteiger partial charge on any atom is 0.261 e. The van der Waals surface area contributed by atoms with Crippen molar-refractivity contribution >= 4 is 39.6 Å². The van der Waals surface area contributed by atoms with Crippen molar-refractivity contribution in [3.63, 3.8) is 0 Å². The highest BCUT2D eigenvalue weighted by atomic mass is 35.5. The SMILES string of the molecule is CC(NC(=O)c1ccc(Cl)s1)c1cccc2ccccc12. The van der Waals surface area contributed by atoms with Gasteiger partial charge in [0.15, 0.2) is 0 Å². The minimum atomic E-state index is -0.0904. The third kappa shape index (κ3) is 2.94. The van der Waals surface area contributed by atoms with E-state index in [1.807, 2.05) is 25.1 Å². The number of thiophene rings is 1. The first-order valence-electron chi connectivity index (χ1n) is 6.69. The van der Waals surface area contributed by atoms with Gasteiger partial charge in [-0.2, -0.15) is 0 Å². The number of carbonyl (C=O) groups excluding carboxylic acids is 1. The van der Waals surface area contributed by atoms with Crippen molar-refractivity contribution in [2.45, 2.75) is 13.0 Å². The van der Waals surface area contributed by atoms with Crippen LogP contribution < -0.4 is 5.32 Å². The molecule has 1 atom stereocenters. The Kier molecular flexibility index (Phi) is 3.95. The van der Waals surface area contributed by atoms with Gasteiger partial charge in [-0.15, -0.1) is 11.3 Å². The average molecular weight is 316 g/mol. The molecule has 0 saturated carbocycles. The van der Waals surface area contributed by atoms with Gasteiger partial charge in [0.1, 0.15) is 0 Å². The molecule has 1 aromatic heterocycles. The van der Waals surface area contributed by atoms with Gasteiger partial charge >= 0.3 is 0 Å². The highest BCUT2D eigenvalue weighted by Gasteiger charge is 2.14. The number of hydrogen-bond acceptors (Lipinski definition) is 2. The van der Waals surface area contributed by atoms with Crippen LogP contribution in [0.5, 0.6) is 0 Å². The predicted molar refractivity (Wildman–Crippen MR) is 89.2 cm³/mol. The molecule has 1 heterocycles. The average Bonchev–Trinajstić information content (AvgIpc) is 2.93. The van der Waals surface area contributed by atoms with E-state index in [-0.39, 0.29) is 11.9 Å². The Balaban J connectivity index is 1.87. The standard InChI is InChI=1S/C17H14ClNOS/c1-11(19-17(20)15-9-10-16(18)21-15)13-8-4-6-12-5-2-3-7-14(12)13/h2-11H,1H3,(H,19,20). The number of benzene rings is 2. The summed E-state index contributed by atoms with van der Waals surface area (Å²) in [7, 11) is 0. The van der Waals surface area contributed by atoms with Gasteiger partial charge in [-0.3, -0.25) is 4.79 Å². The van der Waals surface area contributed by atoms with Crippen LogP contribution in [0.15, 0.2) is 54.6 Å². The van der Waals surface area contributed by atoms with Gasteiger partial charge in [-0.05, 0) is 35.4 Å². The molecule has 0 fully saturated rings. The second-order valence-electron chi connectivity index (χ2n) is 4.87. The first-order valence-corrected chi connectivity index (χ1v) is 7.88. The van der Waals surface area contributed by atoms with E-state index in [0.29, 0.717) is 9.21 Å². The van der Waals surface area contributed by atoms with Crippen molar-refractivity contribution in [1.82, 2.24) is 5.32 Å². The fourth-order valence-electron chi connectivity index (χ4n) is 2.41. The van der Waals surface area contributed by atoms with Crippen molar-refractivity contribution in [2.24, 2.45) is 0 Å². The van der Waals surface area contributed by atoms with Gasteiger partial charge in [-0.1, -0.05) is 54.1 Å². The quantitative estimate of drug-likeness (QED) is 0.720. The Labute approximate surface area is 132 Å². The number of amides is 1. The molecule has 21 heavy (non-hydrogen) atoms. The van der Waals surface area contributed by atoms with Gasteiger partial charge in [0.05, 0.1) is 15.3 Å². The molecule has 1 amide bonds. The van der Waals surface area contributed by atoms with Gasteiger partial charge < -0.3 is 5.32 Å². The van der Waals surface area contributed by atoms with E-state index in [0.717, 1.165) is 10.9 Å². The van der Waals surface area contributed by atoms with E-state index < -0.39 is 0 Å². The monoisotopic (exact) mass is 315 g/mol. The molecule has 1 N–H and O–H groups in total. The van der Waals surface area contributed by atoms with Crippen molar-refractivity contribution in [1.29, 1.82) is 0 Å². The summed E-state index contributed by atoms with van der Waals surface area (Å²) in [5.74, 6) is -0.0904. The van der Waals surface area contributed by atoms with Crippen LogP contribution >= 0.6 is 22.9 Å². The van der Waals surface area contributed by atoms with Crippen molar-refractivity contribution in [3.05, 3.63) is 69.4 Å². The lowest BCUT2D eigenvalue weighted by molar-refractivity contribution is 0.0944. The van der Waals surface area contributed by atoms with E-state index in [2.05, 4.69) is 29.6 Å². The molecule has 106 valence electrons. The van der Waals surface area contributed by atoms with Crippen molar-refractivity contribution < 1.29 is 4.79 Å². The van der Waals surface area contributed by atoms with Crippen LogP contribution in [0.1, 0.15) is 28.2 Å². The molecule has 0 radical (unpaired) electrons. The van der Waals surface area contributed by atoms with E-state index in [1.165, 1.54) is 16.7 Å². The summed E-state index contributed by atoms with van der Waals surface area (Å²) >= 11 is 7.16. The van der Waals surface area contributed by atoms with Crippen LogP contribution in [0.3, 0.4) is 0 Å². The lowest BCUT2D eigenvalue weighted by Gasteiger charge is -2.16. The molecule has 0 spiro atoms.